The zero-order valence-electron chi connectivity index (χ0n) is 26.4. The van der Waals surface area contributed by atoms with Crippen LogP contribution < -0.4 is 25.2 Å². The van der Waals surface area contributed by atoms with E-state index in [-0.39, 0.29) is 28.1 Å². The minimum atomic E-state index is -3.94. The first-order valence-corrected chi connectivity index (χ1v) is 17.6. The summed E-state index contributed by atoms with van der Waals surface area (Å²) in [6.07, 6.45) is 10.9. The Bertz CT molecular complexity index is 1820. The van der Waals surface area contributed by atoms with Gasteiger partial charge in [-0.3, -0.25) is 9.71 Å². The second kappa shape index (κ2) is 14.7. The molecule has 3 heterocycles. The zero-order valence-corrected chi connectivity index (χ0v) is 27.2. The van der Waals surface area contributed by atoms with Crippen molar-refractivity contribution in [2.45, 2.75) is 75.0 Å². The molecule has 1 aliphatic carbocycles. The summed E-state index contributed by atoms with van der Waals surface area (Å²) in [7, 11) is -2.49. The van der Waals surface area contributed by atoms with Gasteiger partial charge < -0.3 is 19.9 Å². The fraction of sp³-hybridized carbons (Fsp3) is 0.455. The monoisotopic (exact) mass is 663 g/mol. The third-order valence-corrected chi connectivity index (χ3v) is 10.3. The first-order chi connectivity index (χ1) is 22.8. The third kappa shape index (κ3) is 7.83. The first-order valence-electron chi connectivity index (χ1n) is 16.1. The van der Waals surface area contributed by atoms with Crippen LogP contribution in [0.1, 0.15) is 62.2 Å². The van der Waals surface area contributed by atoms with E-state index in [2.05, 4.69) is 25.4 Å². The molecule has 2 aromatic carbocycles. The summed E-state index contributed by atoms with van der Waals surface area (Å²) in [5.74, 6) is 1.65. The van der Waals surface area contributed by atoms with Crippen molar-refractivity contribution in [3.63, 3.8) is 0 Å². The molecular formula is C33H41N7O6S. The maximum atomic E-state index is 13.4. The van der Waals surface area contributed by atoms with Crippen molar-refractivity contribution in [2.24, 2.45) is 5.92 Å². The lowest BCUT2D eigenvalue weighted by Gasteiger charge is -2.27. The second-order valence-electron chi connectivity index (χ2n) is 12.2. The third-order valence-electron chi connectivity index (χ3n) is 8.91. The van der Waals surface area contributed by atoms with Crippen LogP contribution in [0.4, 0.5) is 5.69 Å². The lowest BCUT2D eigenvalue weighted by Crippen LogP contribution is -2.36. The number of aryl methyl sites for hydroxylation is 2. The Morgan fingerprint density at radius 2 is 1.96 bits per heavy atom. The largest absolute Gasteiger partial charge is 0.494 e. The van der Waals surface area contributed by atoms with Gasteiger partial charge in [0.1, 0.15) is 23.3 Å². The van der Waals surface area contributed by atoms with Crippen LogP contribution in [0, 0.1) is 5.92 Å². The molecule has 3 N–H and O–H groups in total. The van der Waals surface area contributed by atoms with Crippen molar-refractivity contribution < 1.29 is 23.0 Å². The van der Waals surface area contributed by atoms with E-state index >= 15 is 0 Å². The Morgan fingerprint density at radius 3 is 2.74 bits per heavy atom. The Hall–Kier alpha value is -4.27. The van der Waals surface area contributed by atoms with Crippen LogP contribution in [0.5, 0.6) is 11.5 Å². The summed E-state index contributed by atoms with van der Waals surface area (Å²) >= 11 is 0. The van der Waals surface area contributed by atoms with Gasteiger partial charge in [0.2, 0.25) is 0 Å². The van der Waals surface area contributed by atoms with Crippen LogP contribution in [-0.4, -0.2) is 64.6 Å². The SMILES string of the molecule is COc1cc(NS(=O)(=O)c2ccc3c(c2)CCC(CNC[C@H](O)c2cccnc2)O3)ccc1-n1nnn(CCCC2CCCC2)c1=O. The summed E-state index contributed by atoms with van der Waals surface area (Å²) in [5.41, 5.74) is 1.81. The lowest BCUT2D eigenvalue weighted by atomic mass is 10.0. The van der Waals surface area contributed by atoms with Gasteiger partial charge in [0.05, 0.1) is 23.8 Å². The smallest absolute Gasteiger partial charge is 0.368 e. The number of aliphatic hydroxyl groups is 1. The Morgan fingerprint density at radius 1 is 1.11 bits per heavy atom. The van der Waals surface area contributed by atoms with E-state index in [4.69, 9.17) is 9.47 Å². The Balaban J connectivity index is 1.06. The summed E-state index contributed by atoms with van der Waals surface area (Å²) in [5, 5.41) is 21.7. The van der Waals surface area contributed by atoms with Crippen molar-refractivity contribution in [3.05, 3.63) is 82.5 Å². The number of fused-ring (bicyclic) bond motifs is 1. The quantitative estimate of drug-likeness (QED) is 0.182. The number of methoxy groups -OCH3 is 1. The van der Waals surface area contributed by atoms with E-state index in [1.807, 2.05) is 6.07 Å². The highest BCUT2D eigenvalue weighted by molar-refractivity contribution is 7.92. The predicted octanol–water partition coefficient (Wildman–Crippen LogP) is 3.62. The van der Waals surface area contributed by atoms with Crippen molar-refractivity contribution >= 4 is 15.7 Å². The molecule has 0 saturated heterocycles. The number of tetrazole rings is 1. The number of hydrogen-bond acceptors (Lipinski definition) is 10. The van der Waals surface area contributed by atoms with Crippen molar-refractivity contribution in [1.29, 1.82) is 0 Å². The molecule has 1 fully saturated rings. The number of aliphatic hydroxyl groups excluding tert-OH is 1. The molecule has 0 amide bonds. The number of nitrogens with zero attached hydrogens (tertiary/aromatic N) is 5. The van der Waals surface area contributed by atoms with Crippen molar-refractivity contribution in [1.82, 2.24) is 30.1 Å². The molecule has 2 aromatic heterocycles. The summed E-state index contributed by atoms with van der Waals surface area (Å²) < 4.78 is 43.5. The van der Waals surface area contributed by atoms with Crippen molar-refractivity contribution in [3.8, 4) is 17.2 Å². The highest BCUT2D eigenvalue weighted by atomic mass is 32.2. The summed E-state index contributed by atoms with van der Waals surface area (Å²) in [6.45, 7) is 1.40. The van der Waals surface area contributed by atoms with Gasteiger partial charge in [-0.15, -0.1) is 0 Å². The molecule has 2 atom stereocenters. The van der Waals surface area contributed by atoms with E-state index in [1.54, 1.807) is 42.7 Å². The van der Waals surface area contributed by atoms with E-state index in [0.29, 0.717) is 43.9 Å². The first kappa shape index (κ1) is 32.7. The maximum absolute atomic E-state index is 13.4. The number of sulfonamides is 1. The van der Waals surface area contributed by atoms with Gasteiger partial charge in [-0.05, 0) is 84.0 Å². The van der Waals surface area contributed by atoms with E-state index in [1.165, 1.54) is 54.3 Å². The topological polar surface area (TPSA) is 162 Å². The van der Waals surface area contributed by atoms with E-state index in [9.17, 15) is 18.3 Å². The van der Waals surface area contributed by atoms with E-state index in [0.717, 1.165) is 29.9 Å². The van der Waals surface area contributed by atoms with Gasteiger partial charge in [0.25, 0.3) is 10.0 Å². The van der Waals surface area contributed by atoms with Gasteiger partial charge in [0, 0.05) is 43.7 Å². The van der Waals surface area contributed by atoms with Crippen LogP contribution in [0.3, 0.4) is 0 Å². The fourth-order valence-corrected chi connectivity index (χ4v) is 7.43. The number of anilines is 1. The zero-order chi connectivity index (χ0) is 32.8. The number of nitrogens with one attached hydrogen (secondary N) is 2. The molecular weight excluding hydrogens is 622 g/mol. The highest BCUT2D eigenvalue weighted by Crippen LogP contribution is 2.32. The normalized spacial score (nSPS) is 17.2. The molecule has 4 aromatic rings. The Labute approximate surface area is 274 Å². The number of aromatic nitrogens is 5. The van der Waals surface area contributed by atoms with Crippen LogP contribution in [-0.2, 0) is 23.0 Å². The fourth-order valence-electron chi connectivity index (χ4n) is 6.33. The number of ether oxygens (including phenoxy) is 2. The van der Waals surface area contributed by atoms with Crippen molar-refractivity contribution in [2.75, 3.05) is 24.9 Å². The number of hydrogen-bond donors (Lipinski definition) is 3. The molecule has 0 bridgehead atoms. The minimum Gasteiger partial charge on any atom is -0.494 e. The summed E-state index contributed by atoms with van der Waals surface area (Å²) in [6, 6.07) is 13.1. The molecule has 1 saturated carbocycles. The second-order valence-corrected chi connectivity index (χ2v) is 13.9. The molecule has 14 heteroatoms. The molecule has 250 valence electrons. The van der Waals surface area contributed by atoms with Gasteiger partial charge >= 0.3 is 5.69 Å². The number of pyridine rings is 1. The average Bonchev–Trinajstić information content (AvgIpc) is 3.74. The molecule has 0 spiro atoms. The van der Waals surface area contributed by atoms with Crippen LogP contribution >= 0.6 is 0 Å². The molecule has 47 heavy (non-hydrogen) atoms. The molecule has 13 nitrogen and oxygen atoms in total. The van der Waals surface area contributed by atoms with Gasteiger partial charge in [-0.25, -0.2) is 13.2 Å². The lowest BCUT2D eigenvalue weighted by molar-refractivity contribution is 0.146. The van der Waals surface area contributed by atoms with Crippen LogP contribution in [0.2, 0.25) is 0 Å². The molecule has 2 aliphatic rings. The molecule has 1 unspecified atom stereocenters. The van der Waals surface area contributed by atoms with Gasteiger partial charge in [0.15, 0.2) is 0 Å². The Kier molecular flexibility index (Phi) is 10.2. The van der Waals surface area contributed by atoms with Gasteiger partial charge in [-0.2, -0.15) is 9.36 Å². The van der Waals surface area contributed by atoms with Crippen LogP contribution in [0.15, 0.2) is 70.6 Å². The summed E-state index contributed by atoms with van der Waals surface area (Å²) in [4.78, 5) is 17.2. The number of rotatable bonds is 14. The molecule has 6 rings (SSSR count). The van der Waals surface area contributed by atoms with E-state index < -0.39 is 16.1 Å². The standard InChI is InChI=1S/C33H41N7O6S/c1-45-32-19-26(11-14-29(32)40-33(42)39(37-38-40)17-5-8-23-6-2-3-7-23)36-47(43,44)28-13-15-31-24(18-28)10-12-27(46-31)21-35-22-30(41)25-9-4-16-34-20-25/h4,9,11,13-16,18-20,23,27,30,35-36,41H,2-3,5-8,10,12,17,21-22H2,1H3/t27?,30-/m0/s1. The molecule has 1 aliphatic heterocycles. The predicted molar refractivity (Wildman–Crippen MR) is 175 cm³/mol. The minimum absolute atomic E-state index is 0.107. The number of benzene rings is 2. The van der Waals surface area contributed by atoms with Crippen LogP contribution in [0.25, 0.3) is 5.69 Å². The molecule has 0 radical (unpaired) electrons. The highest BCUT2D eigenvalue weighted by Gasteiger charge is 2.24. The average molecular weight is 664 g/mol. The maximum Gasteiger partial charge on any atom is 0.368 e. The van der Waals surface area contributed by atoms with Gasteiger partial charge in [-0.1, -0.05) is 31.7 Å².